The Morgan fingerprint density at radius 1 is 0.818 bits per heavy atom. The first-order valence-corrected chi connectivity index (χ1v) is 9.37. The third kappa shape index (κ3) is 4.53. The number of hydrogen-bond acceptors (Lipinski definition) is 2. The predicted octanol–water partition coefficient (Wildman–Crippen LogP) is 4.21. The molecular formula is C19H25O2Si. The van der Waals surface area contributed by atoms with Gasteiger partial charge in [-0.3, -0.25) is 0 Å². The van der Waals surface area contributed by atoms with Crippen molar-refractivity contribution in [2.75, 3.05) is 13.2 Å². The Morgan fingerprint density at radius 2 is 1.41 bits per heavy atom. The van der Waals surface area contributed by atoms with E-state index in [9.17, 15) is 0 Å². The minimum Gasteiger partial charge on any atom is -0.390 e. The summed E-state index contributed by atoms with van der Waals surface area (Å²) in [5, 5.41) is 1.18. The third-order valence-electron chi connectivity index (χ3n) is 3.45. The fourth-order valence-electron chi connectivity index (χ4n) is 2.28. The van der Waals surface area contributed by atoms with E-state index in [-0.39, 0.29) is 0 Å². The van der Waals surface area contributed by atoms with Gasteiger partial charge in [-0.2, -0.15) is 0 Å². The summed E-state index contributed by atoms with van der Waals surface area (Å²) in [5.41, 5.74) is 3.83. The Morgan fingerprint density at radius 3 is 1.95 bits per heavy atom. The Labute approximate surface area is 135 Å². The van der Waals surface area contributed by atoms with Gasteiger partial charge in [-0.05, 0) is 41.6 Å². The average molecular weight is 313 g/mol. The fourth-order valence-corrected chi connectivity index (χ4v) is 3.92. The summed E-state index contributed by atoms with van der Waals surface area (Å²) in [7, 11) is -1.36. The van der Waals surface area contributed by atoms with Crippen molar-refractivity contribution >= 4 is 14.5 Å². The molecule has 0 spiro atoms. The largest absolute Gasteiger partial charge is 0.423 e. The molecule has 2 nitrogen and oxygen atoms in total. The van der Waals surface area contributed by atoms with Crippen LogP contribution in [0.25, 0.3) is 11.1 Å². The van der Waals surface area contributed by atoms with Crippen LogP contribution >= 0.6 is 0 Å². The molecule has 2 aromatic carbocycles. The molecule has 0 aliphatic heterocycles. The second-order valence-corrected chi connectivity index (χ2v) is 7.11. The van der Waals surface area contributed by atoms with Crippen molar-refractivity contribution in [2.45, 2.75) is 33.6 Å². The summed E-state index contributed by atoms with van der Waals surface area (Å²) in [4.78, 5) is 0. The molecule has 0 heterocycles. The van der Waals surface area contributed by atoms with Gasteiger partial charge in [-0.1, -0.05) is 62.4 Å². The summed E-state index contributed by atoms with van der Waals surface area (Å²) in [6.07, 6.45) is 2.04. The highest BCUT2D eigenvalue weighted by atomic mass is 28.3. The lowest BCUT2D eigenvalue weighted by Gasteiger charge is -2.15. The SMILES string of the molecule is CCCO[Si](OCCC)c1ccc(-c2ccccc2C)cc1. The molecule has 0 saturated heterocycles. The molecule has 0 unspecified atom stereocenters. The van der Waals surface area contributed by atoms with Crippen LogP contribution < -0.4 is 5.19 Å². The number of benzene rings is 2. The van der Waals surface area contributed by atoms with Crippen LogP contribution in [-0.4, -0.2) is 22.5 Å². The van der Waals surface area contributed by atoms with Gasteiger partial charge in [0.05, 0.1) is 0 Å². The maximum atomic E-state index is 5.93. The Balaban J connectivity index is 2.16. The van der Waals surface area contributed by atoms with E-state index in [1.165, 1.54) is 21.9 Å². The molecule has 0 aromatic heterocycles. The normalized spacial score (nSPS) is 11.1. The number of hydrogen-bond donors (Lipinski definition) is 0. The zero-order chi connectivity index (χ0) is 15.8. The molecule has 22 heavy (non-hydrogen) atoms. The van der Waals surface area contributed by atoms with Gasteiger partial charge in [0.1, 0.15) is 0 Å². The molecule has 1 radical (unpaired) electrons. The van der Waals surface area contributed by atoms with Crippen molar-refractivity contribution < 1.29 is 8.85 Å². The van der Waals surface area contributed by atoms with Crippen molar-refractivity contribution in [1.29, 1.82) is 0 Å². The molecule has 3 heteroatoms. The van der Waals surface area contributed by atoms with Crippen LogP contribution in [0, 0.1) is 6.92 Å². The van der Waals surface area contributed by atoms with Crippen LogP contribution in [0.5, 0.6) is 0 Å². The lowest BCUT2D eigenvalue weighted by molar-refractivity contribution is 0.207. The highest BCUT2D eigenvalue weighted by Crippen LogP contribution is 2.22. The second kappa shape index (κ2) is 8.88. The highest BCUT2D eigenvalue weighted by molar-refractivity contribution is 6.61. The van der Waals surface area contributed by atoms with Crippen molar-refractivity contribution in [3.05, 3.63) is 54.1 Å². The van der Waals surface area contributed by atoms with Gasteiger partial charge in [0, 0.05) is 13.2 Å². The van der Waals surface area contributed by atoms with E-state index in [0.29, 0.717) is 0 Å². The maximum Gasteiger partial charge on any atom is 0.423 e. The van der Waals surface area contributed by atoms with Gasteiger partial charge < -0.3 is 8.85 Å². The molecule has 0 amide bonds. The minimum atomic E-state index is -1.36. The summed E-state index contributed by atoms with van der Waals surface area (Å²) in [5.74, 6) is 0. The van der Waals surface area contributed by atoms with Crippen LogP contribution in [0.1, 0.15) is 32.3 Å². The van der Waals surface area contributed by atoms with Gasteiger partial charge in [0.25, 0.3) is 0 Å². The summed E-state index contributed by atoms with van der Waals surface area (Å²) >= 11 is 0. The van der Waals surface area contributed by atoms with Gasteiger partial charge in [0.15, 0.2) is 0 Å². The maximum absolute atomic E-state index is 5.93. The number of aryl methyl sites for hydroxylation is 1. The predicted molar refractivity (Wildman–Crippen MR) is 94.5 cm³/mol. The fraction of sp³-hybridized carbons (Fsp3) is 0.368. The molecule has 0 bridgehead atoms. The first-order chi connectivity index (χ1) is 10.8. The molecule has 0 aliphatic rings. The van der Waals surface area contributed by atoms with Crippen molar-refractivity contribution in [3.8, 4) is 11.1 Å². The van der Waals surface area contributed by atoms with E-state index in [0.717, 1.165) is 26.1 Å². The molecule has 0 saturated carbocycles. The smallest absolute Gasteiger partial charge is 0.390 e. The molecule has 2 aromatic rings. The molecule has 2 rings (SSSR count). The van der Waals surface area contributed by atoms with Crippen molar-refractivity contribution in [1.82, 2.24) is 0 Å². The van der Waals surface area contributed by atoms with Crippen LogP contribution in [0.15, 0.2) is 48.5 Å². The van der Waals surface area contributed by atoms with Crippen LogP contribution in [0.2, 0.25) is 0 Å². The summed E-state index contributed by atoms with van der Waals surface area (Å²) < 4.78 is 11.9. The molecule has 0 fully saturated rings. The van der Waals surface area contributed by atoms with Gasteiger partial charge in [-0.15, -0.1) is 0 Å². The second-order valence-electron chi connectivity index (χ2n) is 5.38. The molecule has 0 atom stereocenters. The minimum absolute atomic E-state index is 0.761. The zero-order valence-corrected chi connectivity index (χ0v) is 14.8. The van der Waals surface area contributed by atoms with E-state index in [1.807, 2.05) is 0 Å². The first kappa shape index (κ1) is 16.9. The van der Waals surface area contributed by atoms with Gasteiger partial charge in [0.2, 0.25) is 0 Å². The van der Waals surface area contributed by atoms with Gasteiger partial charge >= 0.3 is 9.28 Å². The lowest BCUT2D eigenvalue weighted by Crippen LogP contribution is -2.37. The molecule has 0 N–H and O–H groups in total. The van der Waals surface area contributed by atoms with Crippen LogP contribution in [-0.2, 0) is 8.85 Å². The first-order valence-electron chi connectivity index (χ1n) is 8.05. The quantitative estimate of drug-likeness (QED) is 0.680. The van der Waals surface area contributed by atoms with E-state index >= 15 is 0 Å². The van der Waals surface area contributed by atoms with Crippen LogP contribution in [0.3, 0.4) is 0 Å². The van der Waals surface area contributed by atoms with E-state index < -0.39 is 9.28 Å². The highest BCUT2D eigenvalue weighted by Gasteiger charge is 2.18. The van der Waals surface area contributed by atoms with Crippen molar-refractivity contribution in [3.63, 3.8) is 0 Å². The average Bonchev–Trinajstić information content (AvgIpc) is 2.56. The number of rotatable bonds is 8. The topological polar surface area (TPSA) is 18.5 Å². The molecule has 117 valence electrons. The monoisotopic (exact) mass is 313 g/mol. The van der Waals surface area contributed by atoms with Crippen molar-refractivity contribution in [2.24, 2.45) is 0 Å². The Bertz CT molecular complexity index is 558. The van der Waals surface area contributed by atoms with E-state index in [1.54, 1.807) is 0 Å². The molecule has 0 aliphatic carbocycles. The zero-order valence-electron chi connectivity index (χ0n) is 13.8. The standard InChI is InChI=1S/C19H25O2Si/c1-4-14-20-22(21-15-5-2)18-12-10-17(11-13-18)19-9-7-6-8-16(19)3/h6-13H,4-5,14-15H2,1-3H3. The molecular weight excluding hydrogens is 288 g/mol. The van der Waals surface area contributed by atoms with Crippen LogP contribution in [0.4, 0.5) is 0 Å². The Hall–Kier alpha value is -1.42. The van der Waals surface area contributed by atoms with E-state index in [2.05, 4.69) is 69.3 Å². The van der Waals surface area contributed by atoms with Gasteiger partial charge in [-0.25, -0.2) is 0 Å². The van der Waals surface area contributed by atoms with E-state index in [4.69, 9.17) is 8.85 Å². The summed E-state index contributed by atoms with van der Waals surface area (Å²) in [6.45, 7) is 7.92. The third-order valence-corrected chi connectivity index (χ3v) is 5.19. The lowest BCUT2D eigenvalue weighted by atomic mass is 10.0. The Kier molecular flexibility index (Phi) is 6.84. The summed E-state index contributed by atoms with van der Waals surface area (Å²) in [6, 6.07) is 17.1.